The lowest BCUT2D eigenvalue weighted by Gasteiger charge is -2.44. The van der Waals surface area contributed by atoms with Gasteiger partial charge < -0.3 is 4.74 Å². The largest absolute Gasteiger partial charge is 0.426 e. The molecular weight excluding hydrogens is 348 g/mol. The summed E-state index contributed by atoms with van der Waals surface area (Å²) >= 11 is 0. The highest BCUT2D eigenvalue weighted by atomic mass is 16.5. The monoisotopic (exact) mass is 368 g/mol. The van der Waals surface area contributed by atoms with Crippen LogP contribution in [-0.4, -0.2) is 11.8 Å². The van der Waals surface area contributed by atoms with Crippen LogP contribution in [0, 0.1) is 0 Å². The van der Waals surface area contributed by atoms with Crippen molar-refractivity contribution in [1.82, 2.24) is 0 Å². The molecule has 0 aromatic heterocycles. The van der Waals surface area contributed by atoms with Crippen molar-refractivity contribution in [3.63, 3.8) is 0 Å². The molecule has 28 heavy (non-hydrogen) atoms. The predicted octanol–water partition coefficient (Wildman–Crippen LogP) is 4.77. The second-order valence-electron chi connectivity index (χ2n) is 7.63. The normalized spacial score (nSPS) is 22.7. The summed E-state index contributed by atoms with van der Waals surface area (Å²) in [4.78, 5) is 26.4. The Morgan fingerprint density at radius 2 is 1.18 bits per heavy atom. The molecule has 3 nitrogen and oxygen atoms in total. The van der Waals surface area contributed by atoms with Crippen molar-refractivity contribution in [3.8, 4) is 5.75 Å². The molecule has 3 heteroatoms. The minimum Gasteiger partial charge on any atom is -0.426 e. The van der Waals surface area contributed by atoms with Gasteiger partial charge in [0.1, 0.15) is 16.9 Å². The highest BCUT2D eigenvalue weighted by molar-refractivity contribution is 5.97. The van der Waals surface area contributed by atoms with Gasteiger partial charge in [0.05, 0.1) is 0 Å². The Morgan fingerprint density at radius 1 is 0.679 bits per heavy atom. The average molecular weight is 368 g/mol. The number of fused-ring (bicyclic) bond motifs is 2. The lowest BCUT2D eigenvalue weighted by Crippen LogP contribution is -2.49. The van der Waals surface area contributed by atoms with E-state index in [-0.39, 0.29) is 23.6 Å². The summed E-state index contributed by atoms with van der Waals surface area (Å²) < 4.78 is 5.79. The summed E-state index contributed by atoms with van der Waals surface area (Å²) in [7, 11) is 0. The van der Waals surface area contributed by atoms with Crippen molar-refractivity contribution in [2.24, 2.45) is 0 Å². The van der Waals surface area contributed by atoms with E-state index in [9.17, 15) is 9.59 Å². The zero-order valence-corrected chi connectivity index (χ0v) is 15.4. The van der Waals surface area contributed by atoms with Crippen molar-refractivity contribution >= 4 is 11.8 Å². The van der Waals surface area contributed by atoms with Gasteiger partial charge in [0, 0.05) is 30.2 Å². The number of carbonyl (C=O) groups is 2. The molecule has 1 saturated carbocycles. The molecule has 0 radical (unpaired) electrons. The highest BCUT2D eigenvalue weighted by Crippen LogP contribution is 2.60. The predicted molar refractivity (Wildman–Crippen MR) is 106 cm³/mol. The molecule has 2 atom stereocenters. The van der Waals surface area contributed by atoms with E-state index in [1.807, 2.05) is 84.9 Å². The number of ether oxygens (including phenoxy) is 1. The molecule has 1 aliphatic heterocycles. The second-order valence-corrected chi connectivity index (χ2v) is 7.63. The zero-order chi connectivity index (χ0) is 19.1. The van der Waals surface area contributed by atoms with Gasteiger partial charge in [-0.05, 0) is 17.2 Å². The first-order valence-electron chi connectivity index (χ1n) is 9.64. The van der Waals surface area contributed by atoms with E-state index in [1.165, 1.54) is 0 Å². The highest BCUT2D eigenvalue weighted by Gasteiger charge is 2.62. The summed E-state index contributed by atoms with van der Waals surface area (Å²) in [6.07, 6.45) is 0.688. The third-order valence-corrected chi connectivity index (χ3v) is 6.24. The van der Waals surface area contributed by atoms with Crippen LogP contribution in [0.5, 0.6) is 5.75 Å². The standard InChI is InChI=1S/C25H20O3/c26-19-15-21(17-9-3-1-4-10-17)25(22(16-19)18-11-5-2-6-12-18)20-13-7-8-14-23(20)28-24(25)27/h1-14,21-22H,15-16H2/t21-,22-/m0/s1. The van der Waals surface area contributed by atoms with Crippen LogP contribution in [0.2, 0.25) is 0 Å². The maximum atomic E-state index is 13.5. The summed E-state index contributed by atoms with van der Waals surface area (Å²) in [6, 6.07) is 27.5. The van der Waals surface area contributed by atoms with Crippen molar-refractivity contribution in [2.75, 3.05) is 0 Å². The number of benzene rings is 3. The van der Waals surface area contributed by atoms with Gasteiger partial charge in [-0.15, -0.1) is 0 Å². The topological polar surface area (TPSA) is 43.4 Å². The van der Waals surface area contributed by atoms with Crippen molar-refractivity contribution in [3.05, 3.63) is 102 Å². The molecule has 3 aromatic rings. The number of rotatable bonds is 2. The van der Waals surface area contributed by atoms with E-state index in [0.717, 1.165) is 16.7 Å². The van der Waals surface area contributed by atoms with Crippen LogP contribution >= 0.6 is 0 Å². The molecule has 1 heterocycles. The fourth-order valence-corrected chi connectivity index (χ4v) is 5.09. The van der Waals surface area contributed by atoms with Crippen molar-refractivity contribution in [2.45, 2.75) is 30.1 Å². The van der Waals surface area contributed by atoms with Crippen LogP contribution in [0.3, 0.4) is 0 Å². The van der Waals surface area contributed by atoms with Crippen molar-refractivity contribution < 1.29 is 14.3 Å². The van der Waals surface area contributed by atoms with Crippen LogP contribution in [0.15, 0.2) is 84.9 Å². The molecule has 1 fully saturated rings. The lowest BCUT2D eigenvalue weighted by atomic mass is 9.54. The first kappa shape index (κ1) is 16.9. The summed E-state index contributed by atoms with van der Waals surface area (Å²) in [6.45, 7) is 0. The third kappa shape index (κ3) is 2.36. The molecule has 5 rings (SSSR count). The van der Waals surface area contributed by atoms with E-state index < -0.39 is 5.41 Å². The van der Waals surface area contributed by atoms with Crippen LogP contribution in [-0.2, 0) is 15.0 Å². The lowest BCUT2D eigenvalue weighted by molar-refractivity contribution is -0.142. The van der Waals surface area contributed by atoms with Gasteiger partial charge in [-0.2, -0.15) is 0 Å². The van der Waals surface area contributed by atoms with Crippen molar-refractivity contribution in [1.29, 1.82) is 0 Å². The fourth-order valence-electron chi connectivity index (χ4n) is 5.09. The zero-order valence-electron chi connectivity index (χ0n) is 15.4. The van der Waals surface area contributed by atoms with Gasteiger partial charge in [-0.3, -0.25) is 9.59 Å². The number of Topliss-reactive ketones (excluding diaryl/α,β-unsaturated/α-hetero) is 1. The van der Waals surface area contributed by atoms with Gasteiger partial charge in [0.15, 0.2) is 0 Å². The minimum atomic E-state index is -0.896. The fraction of sp³-hybridized carbons (Fsp3) is 0.200. The Bertz CT molecular complexity index is 988. The molecule has 1 aliphatic carbocycles. The van der Waals surface area contributed by atoms with Gasteiger partial charge in [0.2, 0.25) is 0 Å². The average Bonchev–Trinajstić information content (AvgIpc) is 3.03. The van der Waals surface area contributed by atoms with E-state index in [0.29, 0.717) is 18.6 Å². The maximum absolute atomic E-state index is 13.5. The van der Waals surface area contributed by atoms with Gasteiger partial charge in [0.25, 0.3) is 0 Å². The molecule has 0 unspecified atom stereocenters. The molecule has 0 saturated heterocycles. The quantitative estimate of drug-likeness (QED) is 0.483. The Balaban J connectivity index is 1.80. The molecule has 0 bridgehead atoms. The van der Waals surface area contributed by atoms with Crippen LogP contribution < -0.4 is 4.74 Å². The Labute approximate surface area is 164 Å². The van der Waals surface area contributed by atoms with Crippen LogP contribution in [0.25, 0.3) is 0 Å². The molecule has 0 N–H and O–H groups in total. The first-order valence-corrected chi connectivity index (χ1v) is 9.64. The van der Waals surface area contributed by atoms with E-state index in [4.69, 9.17) is 4.74 Å². The molecule has 2 aliphatic rings. The summed E-state index contributed by atoms with van der Waals surface area (Å²) in [5.74, 6) is 0.0470. The smallest absolute Gasteiger partial charge is 0.323 e. The number of hydrogen-bond acceptors (Lipinski definition) is 3. The molecule has 3 aromatic carbocycles. The number of carbonyl (C=O) groups excluding carboxylic acids is 2. The Morgan fingerprint density at radius 3 is 1.75 bits per heavy atom. The Hall–Kier alpha value is -3.20. The maximum Gasteiger partial charge on any atom is 0.323 e. The number of esters is 1. The van der Waals surface area contributed by atoms with Gasteiger partial charge >= 0.3 is 5.97 Å². The second kappa shape index (κ2) is 6.45. The molecule has 138 valence electrons. The number of ketones is 1. The Kier molecular flexibility index (Phi) is 3.90. The molecule has 1 spiro atoms. The van der Waals surface area contributed by atoms with Gasteiger partial charge in [-0.25, -0.2) is 0 Å². The number of para-hydroxylation sites is 1. The molecular formula is C25H20O3. The third-order valence-electron chi connectivity index (χ3n) is 6.24. The summed E-state index contributed by atoms with van der Waals surface area (Å²) in [5.41, 5.74) is 2.01. The first-order chi connectivity index (χ1) is 13.7. The number of hydrogen-bond donors (Lipinski definition) is 0. The SMILES string of the molecule is O=C1C[C@@H](c2ccccc2)C2(C(=O)Oc3ccccc32)[C@H](c2ccccc2)C1. The van der Waals surface area contributed by atoms with E-state index in [1.54, 1.807) is 0 Å². The minimum absolute atomic E-state index is 0.186. The molecule has 0 amide bonds. The van der Waals surface area contributed by atoms with E-state index >= 15 is 0 Å². The van der Waals surface area contributed by atoms with E-state index in [2.05, 4.69) is 0 Å². The van der Waals surface area contributed by atoms with Crippen LogP contribution in [0.4, 0.5) is 0 Å². The van der Waals surface area contributed by atoms with Crippen LogP contribution in [0.1, 0.15) is 41.4 Å². The summed E-state index contributed by atoms with van der Waals surface area (Å²) in [5, 5.41) is 0. The van der Waals surface area contributed by atoms with Gasteiger partial charge in [-0.1, -0.05) is 78.9 Å².